The second-order valence-corrected chi connectivity index (χ2v) is 3.93. The second-order valence-electron chi connectivity index (χ2n) is 3.93. The molecule has 8 heteroatoms. The van der Waals surface area contributed by atoms with Crippen molar-refractivity contribution in [3.8, 4) is 0 Å². The highest BCUT2D eigenvalue weighted by Crippen LogP contribution is 2.21. The number of amides is 1. The summed E-state index contributed by atoms with van der Waals surface area (Å²) in [4.78, 5) is 32.1. The van der Waals surface area contributed by atoms with Crippen LogP contribution in [-0.2, 0) is 9.59 Å². The van der Waals surface area contributed by atoms with Crippen molar-refractivity contribution in [1.82, 2.24) is 0 Å². The van der Waals surface area contributed by atoms with Crippen LogP contribution in [-0.4, -0.2) is 21.9 Å². The van der Waals surface area contributed by atoms with E-state index in [1.165, 1.54) is 13.8 Å². The van der Waals surface area contributed by atoms with Gasteiger partial charge in [0, 0.05) is 17.2 Å². The van der Waals surface area contributed by atoms with E-state index < -0.39 is 28.3 Å². The van der Waals surface area contributed by atoms with Crippen LogP contribution in [0.25, 0.3) is 0 Å². The summed E-state index contributed by atoms with van der Waals surface area (Å²) in [7, 11) is 0. The number of anilines is 1. The average molecular weight is 282 g/mol. The van der Waals surface area contributed by atoms with E-state index in [0.29, 0.717) is 6.07 Å². The zero-order valence-corrected chi connectivity index (χ0v) is 10.6. The first-order valence-electron chi connectivity index (χ1n) is 5.40. The van der Waals surface area contributed by atoms with Gasteiger partial charge in [0.25, 0.3) is 11.6 Å². The third-order valence-corrected chi connectivity index (χ3v) is 2.64. The first-order chi connectivity index (χ1) is 9.23. The second kappa shape index (κ2) is 5.91. The van der Waals surface area contributed by atoms with E-state index in [4.69, 9.17) is 5.11 Å². The minimum absolute atomic E-state index is 0.0877. The normalized spacial score (nSPS) is 11.6. The van der Waals surface area contributed by atoms with Gasteiger partial charge < -0.3 is 10.4 Å². The highest BCUT2D eigenvalue weighted by atomic mass is 19.1. The molecule has 0 heterocycles. The lowest BCUT2D eigenvalue weighted by Crippen LogP contribution is -2.17. The fraction of sp³-hybridized carbons (Fsp3) is 0.167. The summed E-state index contributed by atoms with van der Waals surface area (Å²) in [6, 6.07) is 2.73. The third kappa shape index (κ3) is 3.37. The van der Waals surface area contributed by atoms with Crippen LogP contribution in [0.5, 0.6) is 0 Å². The Morgan fingerprint density at radius 2 is 1.90 bits per heavy atom. The van der Waals surface area contributed by atoms with Crippen molar-refractivity contribution in [1.29, 1.82) is 0 Å². The predicted molar refractivity (Wildman–Crippen MR) is 67.7 cm³/mol. The molecule has 2 N–H and O–H groups in total. The number of non-ortho nitro benzene ring substituents is 1. The number of benzene rings is 1. The number of carboxylic acids is 1. The Bertz CT molecular complexity index is 624. The Morgan fingerprint density at radius 1 is 1.30 bits per heavy atom. The van der Waals surface area contributed by atoms with Crippen LogP contribution in [0.2, 0.25) is 0 Å². The summed E-state index contributed by atoms with van der Waals surface area (Å²) in [6.07, 6.45) is 0. The number of nitrogens with one attached hydrogen (secondary N) is 1. The van der Waals surface area contributed by atoms with Gasteiger partial charge in [0.15, 0.2) is 5.82 Å². The molecule has 1 aromatic carbocycles. The Balaban J connectivity index is 3.00. The van der Waals surface area contributed by atoms with E-state index >= 15 is 0 Å². The van der Waals surface area contributed by atoms with Crippen LogP contribution in [0.1, 0.15) is 13.8 Å². The number of nitro groups is 1. The average Bonchev–Trinajstić information content (AvgIpc) is 2.38. The first-order valence-corrected chi connectivity index (χ1v) is 5.40. The van der Waals surface area contributed by atoms with Crippen molar-refractivity contribution in [2.75, 3.05) is 5.32 Å². The summed E-state index contributed by atoms with van der Waals surface area (Å²) in [5.74, 6) is -3.03. The zero-order chi connectivity index (χ0) is 15.4. The Kier molecular flexibility index (Phi) is 4.52. The van der Waals surface area contributed by atoms with E-state index in [1.807, 2.05) is 0 Å². The topological polar surface area (TPSA) is 110 Å². The number of rotatable bonds is 4. The van der Waals surface area contributed by atoms with E-state index in [2.05, 4.69) is 5.32 Å². The lowest BCUT2D eigenvalue weighted by molar-refractivity contribution is -0.385. The SMILES string of the molecule is CC(C(=O)O)=C(C)C(=O)Nc1ccc([N+](=O)[O-])cc1F. The molecule has 0 atom stereocenters. The standard InChI is InChI=1S/C12H11FN2O5/c1-6(7(2)12(17)18)11(16)14-10-4-3-8(15(19)20)5-9(10)13/h3-5H,1-2H3,(H,14,16)(H,17,18). The number of halogens is 1. The molecular weight excluding hydrogens is 271 g/mol. The van der Waals surface area contributed by atoms with E-state index in [1.54, 1.807) is 0 Å². The van der Waals surface area contributed by atoms with Gasteiger partial charge in [0.1, 0.15) is 0 Å². The summed E-state index contributed by atoms with van der Waals surface area (Å²) >= 11 is 0. The number of carboxylic acid groups (broad SMARTS) is 1. The monoisotopic (exact) mass is 282 g/mol. The van der Waals surface area contributed by atoms with Crippen molar-refractivity contribution in [2.24, 2.45) is 0 Å². The van der Waals surface area contributed by atoms with Gasteiger partial charge >= 0.3 is 5.97 Å². The minimum Gasteiger partial charge on any atom is -0.478 e. The van der Waals surface area contributed by atoms with Crippen LogP contribution < -0.4 is 5.32 Å². The zero-order valence-electron chi connectivity index (χ0n) is 10.6. The molecule has 0 aromatic heterocycles. The highest BCUT2D eigenvalue weighted by Gasteiger charge is 2.16. The number of nitro benzene ring substituents is 1. The number of carbonyl (C=O) groups is 2. The van der Waals surface area contributed by atoms with Gasteiger partial charge in [-0.2, -0.15) is 0 Å². The molecule has 1 rings (SSSR count). The van der Waals surface area contributed by atoms with Crippen molar-refractivity contribution >= 4 is 23.3 Å². The summed E-state index contributed by atoms with van der Waals surface area (Å²) < 4.78 is 13.5. The smallest absolute Gasteiger partial charge is 0.331 e. The van der Waals surface area contributed by atoms with Gasteiger partial charge in [-0.05, 0) is 19.9 Å². The van der Waals surface area contributed by atoms with Gasteiger partial charge in [0.2, 0.25) is 0 Å². The molecule has 0 saturated carbocycles. The largest absolute Gasteiger partial charge is 0.478 e. The molecule has 0 bridgehead atoms. The lowest BCUT2D eigenvalue weighted by Gasteiger charge is -2.07. The van der Waals surface area contributed by atoms with Crippen molar-refractivity contribution < 1.29 is 24.0 Å². The summed E-state index contributed by atoms with van der Waals surface area (Å²) in [6.45, 7) is 2.52. The van der Waals surface area contributed by atoms with Gasteiger partial charge in [-0.25, -0.2) is 9.18 Å². The van der Waals surface area contributed by atoms with Crippen LogP contribution in [0, 0.1) is 15.9 Å². The van der Waals surface area contributed by atoms with Crippen molar-refractivity contribution in [3.63, 3.8) is 0 Å². The van der Waals surface area contributed by atoms with E-state index in [-0.39, 0.29) is 16.8 Å². The van der Waals surface area contributed by atoms with E-state index in [0.717, 1.165) is 12.1 Å². The molecule has 0 spiro atoms. The molecule has 0 saturated heterocycles. The molecule has 7 nitrogen and oxygen atoms in total. The number of aliphatic carboxylic acids is 1. The molecule has 0 radical (unpaired) electrons. The quantitative estimate of drug-likeness (QED) is 0.499. The van der Waals surface area contributed by atoms with Crippen LogP contribution in [0.4, 0.5) is 15.8 Å². The Morgan fingerprint density at radius 3 is 2.35 bits per heavy atom. The predicted octanol–water partition coefficient (Wildman–Crippen LogP) is 2.09. The van der Waals surface area contributed by atoms with Crippen LogP contribution >= 0.6 is 0 Å². The minimum atomic E-state index is -1.26. The van der Waals surface area contributed by atoms with Gasteiger partial charge in [0.05, 0.1) is 16.7 Å². The Labute approximate surface area is 112 Å². The first kappa shape index (κ1) is 15.3. The molecule has 20 heavy (non-hydrogen) atoms. The number of hydrogen-bond donors (Lipinski definition) is 2. The summed E-state index contributed by atoms with van der Waals surface area (Å²) in [5, 5.41) is 21.3. The van der Waals surface area contributed by atoms with Crippen molar-refractivity contribution in [3.05, 3.63) is 45.3 Å². The maximum absolute atomic E-state index is 13.5. The van der Waals surface area contributed by atoms with Gasteiger partial charge in [-0.3, -0.25) is 14.9 Å². The van der Waals surface area contributed by atoms with Crippen LogP contribution in [0.15, 0.2) is 29.3 Å². The third-order valence-electron chi connectivity index (χ3n) is 2.64. The molecule has 106 valence electrons. The molecule has 0 unspecified atom stereocenters. The summed E-state index contributed by atoms with van der Waals surface area (Å²) in [5.41, 5.74) is -0.979. The highest BCUT2D eigenvalue weighted by molar-refractivity contribution is 6.08. The number of nitrogens with zero attached hydrogens (tertiary/aromatic N) is 1. The molecule has 1 aromatic rings. The maximum atomic E-state index is 13.5. The molecule has 0 aliphatic carbocycles. The molecule has 0 aliphatic rings. The maximum Gasteiger partial charge on any atom is 0.331 e. The van der Waals surface area contributed by atoms with Gasteiger partial charge in [-0.15, -0.1) is 0 Å². The Hall–Kier alpha value is -2.77. The lowest BCUT2D eigenvalue weighted by atomic mass is 10.1. The van der Waals surface area contributed by atoms with Crippen LogP contribution in [0.3, 0.4) is 0 Å². The van der Waals surface area contributed by atoms with Gasteiger partial charge in [-0.1, -0.05) is 0 Å². The number of carbonyl (C=O) groups excluding carboxylic acids is 1. The molecular formula is C12H11FN2O5. The molecule has 1 amide bonds. The van der Waals surface area contributed by atoms with E-state index in [9.17, 15) is 24.1 Å². The van der Waals surface area contributed by atoms with Crippen molar-refractivity contribution in [2.45, 2.75) is 13.8 Å². The molecule has 0 fully saturated rings. The fourth-order valence-electron chi connectivity index (χ4n) is 1.27. The molecule has 0 aliphatic heterocycles. The number of hydrogen-bond acceptors (Lipinski definition) is 4. The fourth-order valence-corrected chi connectivity index (χ4v) is 1.27.